The first-order chi connectivity index (χ1) is 16.0. The van der Waals surface area contributed by atoms with E-state index in [1.807, 2.05) is 24.3 Å². The van der Waals surface area contributed by atoms with Gasteiger partial charge in [0.1, 0.15) is 0 Å². The van der Waals surface area contributed by atoms with Gasteiger partial charge in [0.05, 0.1) is 22.3 Å². The van der Waals surface area contributed by atoms with E-state index in [1.54, 1.807) is 36.4 Å². The smallest absolute Gasteiger partial charge is 0.269 e. The van der Waals surface area contributed by atoms with Gasteiger partial charge >= 0.3 is 0 Å². The molecule has 2 N–H and O–H groups in total. The number of Topliss-reactive ketones (excluding diaryl/α,β-unsaturated/α-hetero) is 1. The number of fused-ring (bicyclic) bond motifs is 1. The summed E-state index contributed by atoms with van der Waals surface area (Å²) in [7, 11) is 0. The molecule has 2 aliphatic rings. The number of carbonyl (C=O) groups is 2. The zero-order valence-electron chi connectivity index (χ0n) is 17.7. The Kier molecular flexibility index (Phi) is 5.22. The number of benzene rings is 3. The van der Waals surface area contributed by atoms with Crippen molar-refractivity contribution in [3.05, 3.63) is 111 Å². The number of allylic oxidation sites excluding steroid dienone is 1. The number of rotatable bonds is 4. The van der Waals surface area contributed by atoms with Crippen LogP contribution in [0, 0.1) is 10.1 Å². The van der Waals surface area contributed by atoms with E-state index in [-0.39, 0.29) is 17.3 Å². The van der Waals surface area contributed by atoms with Gasteiger partial charge in [-0.3, -0.25) is 19.7 Å². The third-order valence-electron chi connectivity index (χ3n) is 6.06. The van der Waals surface area contributed by atoms with Gasteiger partial charge in [-0.15, -0.1) is 0 Å². The zero-order valence-corrected chi connectivity index (χ0v) is 17.7. The lowest BCUT2D eigenvalue weighted by Gasteiger charge is -2.25. The number of nitro benzene ring substituents is 1. The van der Waals surface area contributed by atoms with Crippen molar-refractivity contribution in [1.82, 2.24) is 0 Å². The highest BCUT2D eigenvalue weighted by Crippen LogP contribution is 2.41. The molecule has 0 saturated heterocycles. The van der Waals surface area contributed by atoms with Crippen LogP contribution in [-0.4, -0.2) is 16.5 Å². The predicted molar refractivity (Wildman–Crippen MR) is 125 cm³/mol. The summed E-state index contributed by atoms with van der Waals surface area (Å²) in [5.41, 5.74) is 4.52. The van der Waals surface area contributed by atoms with Crippen molar-refractivity contribution >= 4 is 28.6 Å². The highest BCUT2D eigenvalue weighted by Gasteiger charge is 2.33. The lowest BCUT2D eigenvalue weighted by atomic mass is 9.86. The molecule has 0 amide bonds. The molecular formula is C26H21N3O4. The Morgan fingerprint density at radius 3 is 2.52 bits per heavy atom. The maximum absolute atomic E-state index is 13.0. The molecule has 1 atom stereocenters. The number of nitrogens with zero attached hydrogens (tertiary/aromatic N) is 1. The van der Waals surface area contributed by atoms with Gasteiger partial charge in [0.15, 0.2) is 11.6 Å². The fourth-order valence-electron chi connectivity index (χ4n) is 4.46. The second kappa shape index (κ2) is 8.35. The minimum Gasteiger partial charge on any atom is -0.372 e. The summed E-state index contributed by atoms with van der Waals surface area (Å²) in [4.78, 5) is 36.9. The van der Waals surface area contributed by atoms with Crippen LogP contribution in [0.5, 0.6) is 0 Å². The number of ketones is 2. The number of carbonyl (C=O) groups excluding carboxylic acids is 2. The van der Waals surface area contributed by atoms with Gasteiger partial charge in [0, 0.05) is 41.0 Å². The van der Waals surface area contributed by atoms with Crippen molar-refractivity contribution in [1.29, 1.82) is 0 Å². The summed E-state index contributed by atoms with van der Waals surface area (Å²) in [6, 6.07) is 20.2. The molecule has 7 nitrogen and oxygen atoms in total. The Labute approximate surface area is 190 Å². The molecule has 0 aromatic heterocycles. The molecule has 7 heteroatoms. The first-order valence-corrected chi connectivity index (χ1v) is 10.8. The summed E-state index contributed by atoms with van der Waals surface area (Å²) < 4.78 is 0. The molecule has 3 aromatic rings. The van der Waals surface area contributed by atoms with Crippen molar-refractivity contribution in [3.8, 4) is 0 Å². The minimum absolute atomic E-state index is 0.0150. The molecule has 0 bridgehead atoms. The zero-order chi connectivity index (χ0) is 22.9. The SMILES string of the molecule is O=C1CCCC2=C1C(c1cccc([N+](=O)[O-])c1)Nc1cc(C(=O)c3ccccc3)ccc1N2. The van der Waals surface area contributed by atoms with E-state index in [9.17, 15) is 19.7 Å². The molecule has 0 spiro atoms. The van der Waals surface area contributed by atoms with Crippen LogP contribution in [-0.2, 0) is 4.79 Å². The van der Waals surface area contributed by atoms with Crippen molar-refractivity contribution in [3.63, 3.8) is 0 Å². The highest BCUT2D eigenvalue weighted by atomic mass is 16.6. The first-order valence-electron chi connectivity index (χ1n) is 10.8. The normalized spacial score (nSPS) is 17.2. The standard InChI is InChI=1S/C26H21N3O4/c30-23-11-5-10-21-24(23)25(17-8-4-9-19(14-17)29(32)33)28-22-15-18(12-13-20(22)27-21)26(31)16-6-2-1-3-7-16/h1-4,6-9,12-15,25,27-28H,5,10-11H2. The van der Waals surface area contributed by atoms with Gasteiger partial charge in [0.25, 0.3) is 5.69 Å². The van der Waals surface area contributed by atoms with E-state index in [0.29, 0.717) is 40.8 Å². The van der Waals surface area contributed by atoms with Crippen molar-refractivity contribution in [2.45, 2.75) is 25.3 Å². The molecule has 164 valence electrons. The Balaban J connectivity index is 1.60. The van der Waals surface area contributed by atoms with Gasteiger partial charge < -0.3 is 10.6 Å². The molecule has 0 radical (unpaired) electrons. The number of nitro groups is 1. The Bertz CT molecular complexity index is 1310. The third-order valence-corrected chi connectivity index (χ3v) is 6.06. The summed E-state index contributed by atoms with van der Waals surface area (Å²) in [5, 5.41) is 18.1. The lowest BCUT2D eigenvalue weighted by molar-refractivity contribution is -0.384. The third kappa shape index (κ3) is 3.89. The van der Waals surface area contributed by atoms with E-state index in [4.69, 9.17) is 0 Å². The van der Waals surface area contributed by atoms with Crippen LogP contribution in [0.2, 0.25) is 0 Å². The molecule has 0 fully saturated rings. The second-order valence-electron chi connectivity index (χ2n) is 8.18. The maximum Gasteiger partial charge on any atom is 0.269 e. The molecule has 1 heterocycles. The quantitative estimate of drug-likeness (QED) is 0.320. The van der Waals surface area contributed by atoms with E-state index < -0.39 is 11.0 Å². The summed E-state index contributed by atoms with van der Waals surface area (Å²) in [6.45, 7) is 0. The predicted octanol–water partition coefficient (Wildman–Crippen LogP) is 5.41. The average molecular weight is 439 g/mol. The van der Waals surface area contributed by atoms with Gasteiger partial charge in [-0.2, -0.15) is 0 Å². The maximum atomic E-state index is 13.0. The Hall–Kier alpha value is -4.26. The van der Waals surface area contributed by atoms with Crippen LogP contribution in [0.15, 0.2) is 84.1 Å². The van der Waals surface area contributed by atoms with Crippen LogP contribution >= 0.6 is 0 Å². The van der Waals surface area contributed by atoms with Crippen LogP contribution in [0.25, 0.3) is 0 Å². The average Bonchev–Trinajstić information content (AvgIpc) is 3.01. The van der Waals surface area contributed by atoms with Crippen LogP contribution in [0.4, 0.5) is 17.1 Å². The molecule has 33 heavy (non-hydrogen) atoms. The van der Waals surface area contributed by atoms with Crippen molar-refractivity contribution < 1.29 is 14.5 Å². The summed E-state index contributed by atoms with van der Waals surface area (Å²) in [5.74, 6) is -0.0914. The molecule has 3 aromatic carbocycles. The van der Waals surface area contributed by atoms with E-state index in [0.717, 1.165) is 17.8 Å². The van der Waals surface area contributed by atoms with Gasteiger partial charge in [0.2, 0.25) is 0 Å². The second-order valence-corrected chi connectivity index (χ2v) is 8.18. The number of hydrogen-bond donors (Lipinski definition) is 2. The van der Waals surface area contributed by atoms with E-state index in [2.05, 4.69) is 10.6 Å². The van der Waals surface area contributed by atoms with E-state index >= 15 is 0 Å². The summed E-state index contributed by atoms with van der Waals surface area (Å²) >= 11 is 0. The largest absolute Gasteiger partial charge is 0.372 e. The number of anilines is 2. The number of non-ortho nitro benzene ring substituents is 1. The molecule has 0 saturated carbocycles. The van der Waals surface area contributed by atoms with Crippen molar-refractivity contribution in [2.75, 3.05) is 10.6 Å². The number of hydrogen-bond acceptors (Lipinski definition) is 6. The van der Waals surface area contributed by atoms with Crippen molar-refractivity contribution in [2.24, 2.45) is 0 Å². The molecule has 1 aliphatic heterocycles. The van der Waals surface area contributed by atoms with Crippen LogP contribution < -0.4 is 10.6 Å². The summed E-state index contributed by atoms with van der Waals surface area (Å²) in [6.07, 6.45) is 1.88. The van der Waals surface area contributed by atoms with Gasteiger partial charge in [-0.25, -0.2) is 0 Å². The minimum atomic E-state index is -0.566. The van der Waals surface area contributed by atoms with Gasteiger partial charge in [-0.1, -0.05) is 42.5 Å². The Morgan fingerprint density at radius 2 is 1.73 bits per heavy atom. The van der Waals surface area contributed by atoms with E-state index in [1.165, 1.54) is 12.1 Å². The topological polar surface area (TPSA) is 101 Å². The molecule has 1 aliphatic carbocycles. The highest BCUT2D eigenvalue weighted by molar-refractivity contribution is 6.10. The fraction of sp³-hybridized carbons (Fsp3) is 0.154. The molecular weight excluding hydrogens is 418 g/mol. The van der Waals surface area contributed by atoms with Crippen LogP contribution in [0.1, 0.15) is 46.8 Å². The lowest BCUT2D eigenvalue weighted by Crippen LogP contribution is -2.23. The van der Waals surface area contributed by atoms with Gasteiger partial charge in [-0.05, 0) is 36.6 Å². The number of nitrogens with one attached hydrogen (secondary N) is 2. The monoisotopic (exact) mass is 439 g/mol. The fourth-order valence-corrected chi connectivity index (χ4v) is 4.46. The first kappa shape index (κ1) is 20.6. The molecule has 1 unspecified atom stereocenters. The van der Waals surface area contributed by atoms with Crippen LogP contribution in [0.3, 0.4) is 0 Å². The molecule has 5 rings (SSSR count). The Morgan fingerprint density at radius 1 is 0.909 bits per heavy atom.